The van der Waals surface area contributed by atoms with Crippen LogP contribution < -0.4 is 34.7 Å². The number of carboxylic acid groups (broad SMARTS) is 1. The fourth-order valence-electron chi connectivity index (χ4n) is 4.24. The van der Waals surface area contributed by atoms with Crippen molar-refractivity contribution in [3.05, 3.63) is 0 Å². The second-order valence-electron chi connectivity index (χ2n) is 8.60. The molecule has 0 radical (unpaired) electrons. The van der Waals surface area contributed by atoms with E-state index < -0.39 is 72.8 Å². The molecule has 0 spiro atoms. The van der Waals surface area contributed by atoms with Gasteiger partial charge in [0.25, 0.3) is 0 Å². The fourth-order valence-corrected chi connectivity index (χ4v) is 4.42. The molecule has 202 valence electrons. The van der Waals surface area contributed by atoms with Crippen molar-refractivity contribution >= 4 is 30.4 Å². The van der Waals surface area contributed by atoms with Crippen LogP contribution in [-0.2, 0) is 38.1 Å². The van der Waals surface area contributed by atoms with Gasteiger partial charge in [-0.05, 0) is 6.92 Å². The summed E-state index contributed by atoms with van der Waals surface area (Å²) in [4.78, 5) is 34.9. The van der Waals surface area contributed by atoms with Crippen LogP contribution >= 0.6 is 12.6 Å². The van der Waals surface area contributed by atoms with Crippen molar-refractivity contribution in [1.82, 2.24) is 0 Å². The monoisotopic (exact) mass is 548 g/mol. The van der Waals surface area contributed by atoms with Crippen molar-refractivity contribution in [2.75, 3.05) is 32.7 Å². The number of ether oxygens (including phenoxy) is 5. The molecule has 0 aliphatic carbocycles. The minimum Gasteiger partial charge on any atom is -0.547 e. The van der Waals surface area contributed by atoms with Gasteiger partial charge >= 0.3 is 35.5 Å². The van der Waals surface area contributed by atoms with Gasteiger partial charge in [-0.3, -0.25) is 4.79 Å². The summed E-state index contributed by atoms with van der Waals surface area (Å²) in [6.07, 6.45) is -12.3. The molecule has 4 N–H and O–H groups in total. The average molecular weight is 549 g/mol. The van der Waals surface area contributed by atoms with E-state index in [2.05, 4.69) is 12.6 Å². The first kappa shape index (κ1) is 33.7. The molecule has 2 rings (SSSR count). The smallest absolute Gasteiger partial charge is 0.547 e. The Morgan fingerprint density at radius 3 is 2.14 bits per heavy atom. The van der Waals surface area contributed by atoms with Gasteiger partial charge in [0, 0.05) is 31.1 Å². The predicted molar refractivity (Wildman–Crippen MR) is 116 cm³/mol. The molecule has 0 aromatic carbocycles. The third-order valence-corrected chi connectivity index (χ3v) is 6.25. The number of aliphatic hydroxyl groups excluding tert-OH is 4. The van der Waals surface area contributed by atoms with Crippen LogP contribution in [0.4, 0.5) is 0 Å². The van der Waals surface area contributed by atoms with E-state index in [4.69, 9.17) is 23.7 Å². The second-order valence-corrected chi connectivity index (χ2v) is 9.05. The molecule has 36 heavy (non-hydrogen) atoms. The van der Waals surface area contributed by atoms with Crippen LogP contribution in [0.3, 0.4) is 0 Å². The van der Waals surface area contributed by atoms with Gasteiger partial charge in [0.1, 0.15) is 42.9 Å². The summed E-state index contributed by atoms with van der Waals surface area (Å²) < 4.78 is 26.8. The van der Waals surface area contributed by atoms with Crippen LogP contribution in [0.2, 0.25) is 0 Å². The minimum atomic E-state index is -1.97. The maximum absolute atomic E-state index is 11.9. The van der Waals surface area contributed by atoms with Gasteiger partial charge in [-0.2, -0.15) is 12.6 Å². The van der Waals surface area contributed by atoms with E-state index in [9.17, 15) is 39.9 Å². The van der Waals surface area contributed by atoms with Gasteiger partial charge in [-0.1, -0.05) is 0 Å². The maximum Gasteiger partial charge on any atom is 1.00 e. The van der Waals surface area contributed by atoms with Crippen LogP contribution in [-0.4, -0.2) is 120 Å². The zero-order valence-corrected chi connectivity index (χ0v) is 23.3. The van der Waals surface area contributed by atoms with E-state index in [-0.39, 0.29) is 73.8 Å². The number of esters is 1. The van der Waals surface area contributed by atoms with E-state index in [1.165, 1.54) is 14.0 Å². The number of hydrogen-bond donors (Lipinski definition) is 5. The molecular formula is C21H33NaO13S. The van der Waals surface area contributed by atoms with Crippen LogP contribution in [0.25, 0.3) is 0 Å². The Morgan fingerprint density at radius 1 is 0.917 bits per heavy atom. The first-order valence-corrected chi connectivity index (χ1v) is 11.8. The number of aliphatic carboxylic acids is 1. The van der Waals surface area contributed by atoms with E-state index in [0.29, 0.717) is 0 Å². The maximum atomic E-state index is 11.9. The molecule has 2 heterocycles. The molecule has 0 bridgehead atoms. The van der Waals surface area contributed by atoms with E-state index >= 15 is 0 Å². The van der Waals surface area contributed by atoms with Crippen molar-refractivity contribution in [2.45, 2.75) is 68.8 Å². The van der Waals surface area contributed by atoms with Gasteiger partial charge in [-0.25, -0.2) is 0 Å². The van der Waals surface area contributed by atoms with E-state index in [0.717, 1.165) is 0 Å². The Balaban J connectivity index is 0.00000648. The number of thiol groups is 1. The summed E-state index contributed by atoms with van der Waals surface area (Å²) in [5.41, 5.74) is 0. The number of Topliss-reactive ketones (excluding diaryl/α,β-unsaturated/α-hetero) is 1. The summed E-state index contributed by atoms with van der Waals surface area (Å²) in [6, 6.07) is 0. The second kappa shape index (κ2) is 15.9. The zero-order valence-electron chi connectivity index (χ0n) is 20.4. The van der Waals surface area contributed by atoms with Crippen molar-refractivity contribution in [3.63, 3.8) is 0 Å². The average Bonchev–Trinajstić information content (AvgIpc) is 2.79. The third-order valence-electron chi connectivity index (χ3n) is 6.03. The number of ketones is 1. The van der Waals surface area contributed by atoms with Crippen LogP contribution in [0.5, 0.6) is 0 Å². The van der Waals surface area contributed by atoms with Gasteiger partial charge in [0.2, 0.25) is 0 Å². The molecule has 4 unspecified atom stereocenters. The Hall–Kier alpha value is -0.360. The van der Waals surface area contributed by atoms with Crippen LogP contribution in [0.1, 0.15) is 19.8 Å². The molecular weight excluding hydrogens is 515 g/mol. The van der Waals surface area contributed by atoms with Crippen molar-refractivity contribution in [3.8, 4) is 0 Å². The molecule has 0 aromatic rings. The molecule has 2 saturated heterocycles. The predicted octanol–water partition coefficient (Wildman–Crippen LogP) is -6.59. The molecule has 13 nitrogen and oxygen atoms in total. The van der Waals surface area contributed by atoms with E-state index in [1.807, 2.05) is 0 Å². The minimum absolute atomic E-state index is 0. The fraction of sp³-hybridized carbons (Fsp3) is 0.857. The zero-order chi connectivity index (χ0) is 26.3. The Labute approximate surface area is 236 Å². The topological polar surface area (TPSA) is 201 Å². The number of methoxy groups -OCH3 is 1. The van der Waals surface area contributed by atoms with Crippen LogP contribution in [0.15, 0.2) is 0 Å². The molecule has 2 aliphatic heterocycles. The molecule has 10 atom stereocenters. The number of carboxylic acids is 1. The van der Waals surface area contributed by atoms with Gasteiger partial charge in [-0.15, -0.1) is 0 Å². The summed E-state index contributed by atoms with van der Waals surface area (Å²) in [7, 11) is 1.42. The van der Waals surface area contributed by atoms with Crippen molar-refractivity contribution in [1.29, 1.82) is 0 Å². The van der Waals surface area contributed by atoms with Crippen molar-refractivity contribution in [2.24, 2.45) is 11.8 Å². The Morgan fingerprint density at radius 2 is 1.58 bits per heavy atom. The standard InChI is InChI=1S/C21H34O13S.Na/c1-9(22)5-10-11(6-32-21-18(27)16(25)17(26)19(34-21)20(28)29)15(24)13(33-12(10)7-30-2)8-31-14(23)3-4-35;/h10-13,15-19,21,24-27,35H,3-8H2,1-2H3,(H,28,29);/q;+1/p-1/t10?,11-,12-,13?,15-,16+,17-,18?,19?,21+;/m0./s1. The van der Waals surface area contributed by atoms with Crippen LogP contribution in [0, 0.1) is 11.8 Å². The largest absolute Gasteiger partial charge is 1.00 e. The number of rotatable bonds is 12. The van der Waals surface area contributed by atoms with Crippen molar-refractivity contribution < 1.29 is 93.2 Å². The molecule has 2 fully saturated rings. The molecule has 2 aliphatic rings. The molecule has 0 aromatic heterocycles. The summed E-state index contributed by atoms with van der Waals surface area (Å²) in [5, 5.41) is 52.2. The normalized spacial score (nSPS) is 36.5. The SMILES string of the molecule is COC[C@@H]1OC(COC(=O)CCS)[C@@H](O)[C@@H](CO[C@@H]2OC(C(=O)[O-])[C@@H](O)[C@@H](O)C2O)C1CC(C)=O.[Na+]. The molecule has 15 heteroatoms. The number of carbonyl (C=O) groups is 3. The summed E-state index contributed by atoms with van der Waals surface area (Å²) >= 11 is 3.96. The van der Waals surface area contributed by atoms with Gasteiger partial charge in [0.05, 0.1) is 37.8 Å². The van der Waals surface area contributed by atoms with E-state index in [1.54, 1.807) is 0 Å². The van der Waals surface area contributed by atoms with Gasteiger partial charge < -0.3 is 58.8 Å². The molecule has 0 saturated carbocycles. The summed E-state index contributed by atoms with van der Waals surface area (Å²) in [5.74, 6) is -3.76. The van der Waals surface area contributed by atoms with Gasteiger partial charge in [0.15, 0.2) is 6.29 Å². The first-order valence-electron chi connectivity index (χ1n) is 11.1. The third kappa shape index (κ3) is 8.85. The number of carbonyl (C=O) groups excluding carboxylic acids is 3. The Bertz CT molecular complexity index is 728. The first-order chi connectivity index (χ1) is 16.5. The quantitative estimate of drug-likeness (QED) is 0.0876. The Kier molecular flexibility index (Phi) is 14.9. The number of aliphatic hydroxyl groups is 4. The molecule has 0 amide bonds. The summed E-state index contributed by atoms with van der Waals surface area (Å²) in [6.45, 7) is 0.740. The number of hydrogen-bond acceptors (Lipinski definition) is 14.